The van der Waals surface area contributed by atoms with Crippen LogP contribution in [0.1, 0.15) is 13.3 Å². The predicted molar refractivity (Wildman–Crippen MR) is 75.5 cm³/mol. The second kappa shape index (κ2) is 6.04. The van der Waals surface area contributed by atoms with Gasteiger partial charge in [0.05, 0.1) is 11.3 Å². The highest BCUT2D eigenvalue weighted by atomic mass is 32.2. The van der Waals surface area contributed by atoms with Crippen molar-refractivity contribution in [3.05, 3.63) is 36.1 Å². The van der Waals surface area contributed by atoms with Gasteiger partial charge in [0, 0.05) is 12.7 Å². The van der Waals surface area contributed by atoms with Crippen LogP contribution in [0.5, 0.6) is 0 Å². The average Bonchev–Trinajstić information content (AvgIpc) is 2.42. The summed E-state index contributed by atoms with van der Waals surface area (Å²) in [7, 11) is -3.37. The molecule has 2 heterocycles. The maximum absolute atomic E-state index is 11.8. The highest BCUT2D eigenvalue weighted by Gasteiger charge is 2.25. The molecule has 7 heteroatoms. The van der Waals surface area contributed by atoms with Gasteiger partial charge in [-0.1, -0.05) is 19.1 Å². The highest BCUT2D eigenvalue weighted by Crippen LogP contribution is 2.16. The molecule has 0 bridgehead atoms. The van der Waals surface area contributed by atoms with Gasteiger partial charge < -0.3 is 9.64 Å². The molecule has 2 aliphatic heterocycles. The summed E-state index contributed by atoms with van der Waals surface area (Å²) < 4.78 is 31.4. The molecule has 108 valence electrons. The number of ether oxygens (including phenoxy) is 1. The number of hydrogen-bond acceptors (Lipinski definition) is 5. The molecule has 0 saturated carbocycles. The maximum Gasteiger partial charge on any atom is 0.339 e. The van der Waals surface area contributed by atoms with E-state index in [-0.39, 0.29) is 18.9 Å². The molecule has 0 N–H and O–H groups in total. The molecular formula is C13H16N2O4S. The van der Waals surface area contributed by atoms with Gasteiger partial charge in [0.15, 0.2) is 0 Å². The standard InChI is InChI=1S/C13H16N2O4S/c1-2-3-4-8-19-13(16)11-5-6-12-14-20(17,18)9-7-15(12)10-11/h3-6,10H,2,7-9H2,1H3. The minimum Gasteiger partial charge on any atom is -0.458 e. The topological polar surface area (TPSA) is 76.0 Å². The summed E-state index contributed by atoms with van der Waals surface area (Å²) >= 11 is 0. The first-order valence-corrected chi connectivity index (χ1v) is 7.94. The van der Waals surface area contributed by atoms with Crippen LogP contribution >= 0.6 is 0 Å². The van der Waals surface area contributed by atoms with E-state index in [0.29, 0.717) is 11.4 Å². The summed E-state index contributed by atoms with van der Waals surface area (Å²) in [5.41, 5.74) is 0.383. The lowest BCUT2D eigenvalue weighted by molar-refractivity contribution is -0.137. The smallest absolute Gasteiger partial charge is 0.339 e. The fourth-order valence-corrected chi connectivity index (χ4v) is 2.73. The third-order valence-electron chi connectivity index (χ3n) is 2.77. The quantitative estimate of drug-likeness (QED) is 0.571. The summed E-state index contributed by atoms with van der Waals surface area (Å²) in [5, 5.41) is 0. The van der Waals surface area contributed by atoms with Crippen LogP contribution in [0.25, 0.3) is 0 Å². The lowest BCUT2D eigenvalue weighted by atomic mass is 10.2. The van der Waals surface area contributed by atoms with E-state index >= 15 is 0 Å². The van der Waals surface area contributed by atoms with Crippen molar-refractivity contribution in [1.29, 1.82) is 0 Å². The molecule has 0 fully saturated rings. The molecule has 0 spiro atoms. The van der Waals surface area contributed by atoms with E-state index in [9.17, 15) is 13.2 Å². The molecule has 0 aromatic heterocycles. The van der Waals surface area contributed by atoms with E-state index in [4.69, 9.17) is 4.74 Å². The summed E-state index contributed by atoms with van der Waals surface area (Å²) in [6.07, 6.45) is 9.18. The van der Waals surface area contributed by atoms with Crippen molar-refractivity contribution in [2.75, 3.05) is 18.9 Å². The fourth-order valence-electron chi connectivity index (χ4n) is 1.76. The SMILES string of the molecule is CCC=CCOC(=O)C1=CN2CCS(=O)(=O)N=C2C=C1. The highest BCUT2D eigenvalue weighted by molar-refractivity contribution is 7.90. The van der Waals surface area contributed by atoms with E-state index in [2.05, 4.69) is 4.40 Å². The molecule has 0 aromatic rings. The second-order valence-corrected chi connectivity index (χ2v) is 6.08. The van der Waals surface area contributed by atoms with Gasteiger partial charge in [0.1, 0.15) is 12.4 Å². The van der Waals surface area contributed by atoms with Crippen LogP contribution in [0.4, 0.5) is 0 Å². The van der Waals surface area contributed by atoms with Gasteiger partial charge in [-0.25, -0.2) is 13.2 Å². The number of rotatable bonds is 4. The first-order chi connectivity index (χ1) is 9.52. The van der Waals surface area contributed by atoms with E-state index in [0.717, 1.165) is 6.42 Å². The second-order valence-electron chi connectivity index (χ2n) is 4.32. The van der Waals surface area contributed by atoms with Crippen LogP contribution < -0.4 is 0 Å². The van der Waals surface area contributed by atoms with Crippen molar-refractivity contribution in [3.63, 3.8) is 0 Å². The zero-order valence-corrected chi connectivity index (χ0v) is 12.0. The van der Waals surface area contributed by atoms with Crippen LogP contribution in [-0.2, 0) is 19.6 Å². The fraction of sp³-hybridized carbons (Fsp3) is 0.385. The molecule has 20 heavy (non-hydrogen) atoms. The number of amidine groups is 1. The number of hydrogen-bond donors (Lipinski definition) is 0. The van der Waals surface area contributed by atoms with Crippen LogP contribution in [0, 0.1) is 0 Å². The van der Waals surface area contributed by atoms with Crippen molar-refractivity contribution in [3.8, 4) is 0 Å². The van der Waals surface area contributed by atoms with Crippen LogP contribution in [0.15, 0.2) is 40.5 Å². The van der Waals surface area contributed by atoms with E-state index in [1.165, 1.54) is 12.2 Å². The van der Waals surface area contributed by atoms with Gasteiger partial charge in [-0.2, -0.15) is 0 Å². The Hall–Kier alpha value is -1.89. The molecular weight excluding hydrogens is 280 g/mol. The van der Waals surface area contributed by atoms with Crippen LogP contribution in [-0.4, -0.2) is 44.0 Å². The lowest BCUT2D eigenvalue weighted by Crippen LogP contribution is -2.37. The lowest BCUT2D eigenvalue weighted by Gasteiger charge is -2.26. The van der Waals surface area contributed by atoms with Gasteiger partial charge in [-0.3, -0.25) is 0 Å². The number of nitrogens with zero attached hydrogens (tertiary/aromatic N) is 2. The Labute approximate surface area is 118 Å². The van der Waals surface area contributed by atoms with Crippen molar-refractivity contribution < 1.29 is 17.9 Å². The molecule has 0 radical (unpaired) electrons. The minimum absolute atomic E-state index is 0.0532. The Morgan fingerprint density at radius 3 is 3.00 bits per heavy atom. The Morgan fingerprint density at radius 2 is 2.25 bits per heavy atom. The summed E-state index contributed by atoms with van der Waals surface area (Å²) in [6.45, 7) is 2.52. The third-order valence-corrected chi connectivity index (χ3v) is 3.94. The van der Waals surface area contributed by atoms with Crippen molar-refractivity contribution >= 4 is 21.8 Å². The number of carbonyl (C=O) groups excluding carboxylic acids is 1. The van der Waals surface area contributed by atoms with Gasteiger partial charge in [0.25, 0.3) is 10.0 Å². The molecule has 0 unspecified atom stereocenters. The van der Waals surface area contributed by atoms with Crippen molar-refractivity contribution in [2.24, 2.45) is 4.40 Å². The monoisotopic (exact) mass is 296 g/mol. The largest absolute Gasteiger partial charge is 0.458 e. The van der Waals surface area contributed by atoms with Gasteiger partial charge >= 0.3 is 5.97 Å². The summed E-state index contributed by atoms with van der Waals surface area (Å²) in [5.74, 6) is -0.157. The van der Waals surface area contributed by atoms with Gasteiger partial charge in [-0.05, 0) is 18.6 Å². The Bertz CT molecular complexity index is 614. The molecule has 6 nitrogen and oxygen atoms in total. The molecule has 0 amide bonds. The number of carbonyl (C=O) groups is 1. The van der Waals surface area contributed by atoms with Gasteiger partial charge in [-0.15, -0.1) is 4.40 Å². The maximum atomic E-state index is 11.8. The zero-order chi connectivity index (χ0) is 14.6. The molecule has 2 rings (SSSR count). The van der Waals surface area contributed by atoms with Crippen molar-refractivity contribution in [2.45, 2.75) is 13.3 Å². The minimum atomic E-state index is -3.37. The van der Waals surface area contributed by atoms with E-state index in [1.807, 2.05) is 13.0 Å². The normalized spacial score (nSPS) is 20.4. The van der Waals surface area contributed by atoms with E-state index < -0.39 is 16.0 Å². The van der Waals surface area contributed by atoms with E-state index in [1.54, 1.807) is 17.2 Å². The number of fused-ring (bicyclic) bond motifs is 1. The molecule has 0 saturated heterocycles. The summed E-state index contributed by atoms with van der Waals surface area (Å²) in [6, 6.07) is 0. The third kappa shape index (κ3) is 3.57. The Morgan fingerprint density at radius 1 is 1.45 bits per heavy atom. The predicted octanol–water partition coefficient (Wildman–Crippen LogP) is 0.993. The first-order valence-electron chi connectivity index (χ1n) is 6.33. The number of esters is 1. The Balaban J connectivity index is 2.03. The zero-order valence-electron chi connectivity index (χ0n) is 11.2. The van der Waals surface area contributed by atoms with Gasteiger partial charge in [0.2, 0.25) is 0 Å². The molecule has 0 atom stereocenters. The Kier molecular flexibility index (Phi) is 4.39. The summed E-state index contributed by atoms with van der Waals surface area (Å²) in [4.78, 5) is 13.4. The average molecular weight is 296 g/mol. The van der Waals surface area contributed by atoms with Crippen LogP contribution in [0.3, 0.4) is 0 Å². The first kappa shape index (κ1) is 14.5. The van der Waals surface area contributed by atoms with Crippen molar-refractivity contribution in [1.82, 2.24) is 4.90 Å². The molecule has 2 aliphatic rings. The number of allylic oxidation sites excluding steroid dienone is 1. The van der Waals surface area contributed by atoms with Crippen LogP contribution in [0.2, 0.25) is 0 Å². The molecule has 0 aromatic carbocycles. The number of sulfonamides is 1. The molecule has 0 aliphatic carbocycles.